The van der Waals surface area contributed by atoms with Crippen LogP contribution in [0.5, 0.6) is 0 Å². The molecule has 0 aliphatic carbocycles. The van der Waals surface area contributed by atoms with Crippen molar-refractivity contribution in [2.45, 2.75) is 37.9 Å². The first-order valence-electron chi connectivity index (χ1n) is 13.7. The topological polar surface area (TPSA) is 194 Å². The number of hydrogen-bond donors (Lipinski definition) is 6. The normalized spacial score (nSPS) is 14.8. The number of nitrogens with one attached hydrogen (secondary N) is 4. The van der Waals surface area contributed by atoms with Crippen LogP contribution in [0.2, 0.25) is 0 Å². The average Bonchev–Trinajstić information content (AvgIpc) is 3.09. The standard InChI is InChI=1S/C31H31N5O8/c37-26(34-24(16-28(40)41)20-9-5-2-6-10-20)18-36-25(13-14-27(38)39)29(42)35-23-12-11-21(15-22(23)30(36)43)33-31(44)32-17-19-7-3-1-4-8-19/h1-12,15,24-25H,13-14,16-18H2,(H,34,37)(H,35,42)(H,38,39)(H,40,41)(H2,32,33,44). The van der Waals surface area contributed by atoms with Crippen molar-refractivity contribution < 1.29 is 39.0 Å². The lowest BCUT2D eigenvalue weighted by molar-refractivity contribution is -0.138. The van der Waals surface area contributed by atoms with E-state index in [9.17, 15) is 39.0 Å². The van der Waals surface area contributed by atoms with Crippen LogP contribution >= 0.6 is 0 Å². The molecule has 13 heteroatoms. The molecule has 6 N–H and O–H groups in total. The van der Waals surface area contributed by atoms with Crippen LogP contribution in [-0.2, 0) is 25.7 Å². The SMILES string of the molecule is O=C(O)CCC1C(=O)Nc2ccc(NC(=O)NCc3ccccc3)cc2C(=O)N1CC(=O)NC(CC(=O)O)c1ccccc1. The third kappa shape index (κ3) is 8.41. The van der Waals surface area contributed by atoms with E-state index in [1.165, 1.54) is 18.2 Å². The number of rotatable bonds is 12. The van der Waals surface area contributed by atoms with Crippen molar-refractivity contribution in [1.29, 1.82) is 0 Å². The Kier molecular flexibility index (Phi) is 10.3. The molecule has 0 radical (unpaired) electrons. The summed E-state index contributed by atoms with van der Waals surface area (Å²) < 4.78 is 0. The third-order valence-corrected chi connectivity index (χ3v) is 6.86. The number of carbonyl (C=O) groups is 6. The number of carboxylic acids is 2. The largest absolute Gasteiger partial charge is 0.481 e. The van der Waals surface area contributed by atoms with Gasteiger partial charge in [0.15, 0.2) is 0 Å². The van der Waals surface area contributed by atoms with Crippen molar-refractivity contribution in [3.05, 3.63) is 95.6 Å². The fourth-order valence-electron chi connectivity index (χ4n) is 4.75. The van der Waals surface area contributed by atoms with Gasteiger partial charge in [-0.05, 0) is 35.7 Å². The van der Waals surface area contributed by atoms with Crippen LogP contribution in [0.15, 0.2) is 78.9 Å². The van der Waals surface area contributed by atoms with Crippen molar-refractivity contribution in [1.82, 2.24) is 15.5 Å². The van der Waals surface area contributed by atoms with Crippen LogP contribution in [0, 0.1) is 0 Å². The summed E-state index contributed by atoms with van der Waals surface area (Å²) >= 11 is 0. The molecule has 0 saturated heterocycles. The molecular weight excluding hydrogens is 570 g/mol. The van der Waals surface area contributed by atoms with E-state index in [4.69, 9.17) is 0 Å². The predicted molar refractivity (Wildman–Crippen MR) is 159 cm³/mol. The molecule has 0 spiro atoms. The smallest absolute Gasteiger partial charge is 0.319 e. The van der Waals surface area contributed by atoms with Gasteiger partial charge in [-0.1, -0.05) is 60.7 Å². The van der Waals surface area contributed by atoms with Gasteiger partial charge in [0.05, 0.1) is 23.7 Å². The molecule has 228 valence electrons. The van der Waals surface area contributed by atoms with Gasteiger partial charge in [0.1, 0.15) is 12.6 Å². The lowest BCUT2D eigenvalue weighted by Crippen LogP contribution is -2.50. The Bertz CT molecular complexity index is 1550. The predicted octanol–water partition coefficient (Wildman–Crippen LogP) is 2.97. The zero-order valence-electron chi connectivity index (χ0n) is 23.5. The summed E-state index contributed by atoms with van der Waals surface area (Å²) in [6.07, 6.45) is -1.17. The molecule has 0 saturated carbocycles. The van der Waals surface area contributed by atoms with E-state index in [0.29, 0.717) is 5.56 Å². The van der Waals surface area contributed by atoms with E-state index >= 15 is 0 Å². The molecule has 0 fully saturated rings. The van der Waals surface area contributed by atoms with Crippen LogP contribution in [0.25, 0.3) is 0 Å². The van der Waals surface area contributed by atoms with Crippen LogP contribution in [0.1, 0.15) is 46.8 Å². The number of amides is 5. The molecule has 1 heterocycles. The van der Waals surface area contributed by atoms with E-state index < -0.39 is 67.2 Å². The Labute approximate surface area is 252 Å². The molecule has 5 amide bonds. The third-order valence-electron chi connectivity index (χ3n) is 6.86. The highest BCUT2D eigenvalue weighted by Gasteiger charge is 2.37. The first-order valence-corrected chi connectivity index (χ1v) is 13.7. The number of carboxylic acid groups (broad SMARTS) is 2. The first-order chi connectivity index (χ1) is 21.1. The van der Waals surface area contributed by atoms with E-state index in [0.717, 1.165) is 10.5 Å². The number of nitrogens with zero attached hydrogens (tertiary/aromatic N) is 1. The zero-order valence-corrected chi connectivity index (χ0v) is 23.5. The van der Waals surface area contributed by atoms with Gasteiger partial charge in [0.25, 0.3) is 5.91 Å². The molecule has 13 nitrogen and oxygen atoms in total. The summed E-state index contributed by atoms with van der Waals surface area (Å²) in [6, 6.07) is 19.1. The fourth-order valence-corrected chi connectivity index (χ4v) is 4.75. The molecule has 0 bridgehead atoms. The number of aliphatic carboxylic acids is 2. The van der Waals surface area contributed by atoms with Gasteiger partial charge in [-0.25, -0.2) is 4.79 Å². The van der Waals surface area contributed by atoms with E-state index in [1.807, 2.05) is 30.3 Å². The monoisotopic (exact) mass is 601 g/mol. The minimum atomic E-state index is -1.32. The van der Waals surface area contributed by atoms with Gasteiger partial charge in [-0.15, -0.1) is 0 Å². The quantitative estimate of drug-likeness (QED) is 0.182. The second-order valence-electron chi connectivity index (χ2n) is 10.1. The molecule has 2 atom stereocenters. The minimum absolute atomic E-state index is 0.0324. The van der Waals surface area contributed by atoms with Crippen LogP contribution < -0.4 is 21.3 Å². The highest BCUT2D eigenvalue weighted by molar-refractivity contribution is 6.11. The molecule has 2 unspecified atom stereocenters. The van der Waals surface area contributed by atoms with Gasteiger partial charge in [-0.2, -0.15) is 0 Å². The number of fused-ring (bicyclic) bond motifs is 1. The van der Waals surface area contributed by atoms with Crippen LogP contribution in [-0.4, -0.2) is 63.4 Å². The van der Waals surface area contributed by atoms with E-state index in [-0.39, 0.29) is 29.9 Å². The number of carbonyl (C=O) groups excluding carboxylic acids is 4. The summed E-state index contributed by atoms with van der Waals surface area (Å²) in [4.78, 5) is 76.6. The number of hydrogen-bond acceptors (Lipinski definition) is 6. The molecule has 4 rings (SSSR count). The summed E-state index contributed by atoms with van der Waals surface area (Å²) in [5.41, 5.74) is 1.72. The van der Waals surface area contributed by atoms with Gasteiger partial charge >= 0.3 is 18.0 Å². The maximum absolute atomic E-state index is 13.8. The Morgan fingerprint density at radius 3 is 2.23 bits per heavy atom. The molecule has 3 aromatic rings. The minimum Gasteiger partial charge on any atom is -0.481 e. The average molecular weight is 602 g/mol. The summed E-state index contributed by atoms with van der Waals surface area (Å²) in [5, 5.41) is 29.2. The van der Waals surface area contributed by atoms with Gasteiger partial charge in [0, 0.05) is 18.7 Å². The highest BCUT2D eigenvalue weighted by atomic mass is 16.4. The summed E-state index contributed by atoms with van der Waals surface area (Å²) in [6.45, 7) is -0.402. The van der Waals surface area contributed by atoms with E-state index in [1.54, 1.807) is 30.3 Å². The maximum atomic E-state index is 13.8. The van der Waals surface area contributed by atoms with Crippen molar-refractivity contribution >= 4 is 47.1 Å². The van der Waals surface area contributed by atoms with Gasteiger partial charge in [-0.3, -0.25) is 24.0 Å². The van der Waals surface area contributed by atoms with Crippen LogP contribution in [0.4, 0.5) is 16.2 Å². The first kappa shape index (κ1) is 31.2. The molecule has 0 aromatic heterocycles. The number of anilines is 2. The zero-order chi connectivity index (χ0) is 31.6. The van der Waals surface area contributed by atoms with Crippen molar-refractivity contribution in [2.24, 2.45) is 0 Å². The summed E-state index contributed by atoms with van der Waals surface area (Å²) in [7, 11) is 0. The van der Waals surface area contributed by atoms with E-state index in [2.05, 4.69) is 21.3 Å². The Hall–Kier alpha value is -5.72. The Morgan fingerprint density at radius 2 is 1.57 bits per heavy atom. The van der Waals surface area contributed by atoms with Crippen molar-refractivity contribution in [2.75, 3.05) is 17.2 Å². The van der Waals surface area contributed by atoms with Crippen molar-refractivity contribution in [3.63, 3.8) is 0 Å². The lowest BCUT2D eigenvalue weighted by Gasteiger charge is -2.29. The second kappa shape index (κ2) is 14.4. The van der Waals surface area contributed by atoms with Crippen LogP contribution in [0.3, 0.4) is 0 Å². The molecule has 1 aliphatic heterocycles. The Morgan fingerprint density at radius 1 is 0.886 bits per heavy atom. The van der Waals surface area contributed by atoms with Gasteiger partial charge in [0.2, 0.25) is 11.8 Å². The molecule has 3 aromatic carbocycles. The highest BCUT2D eigenvalue weighted by Crippen LogP contribution is 2.28. The molecule has 1 aliphatic rings. The molecule has 44 heavy (non-hydrogen) atoms. The maximum Gasteiger partial charge on any atom is 0.319 e. The number of urea groups is 1. The van der Waals surface area contributed by atoms with Crippen molar-refractivity contribution in [3.8, 4) is 0 Å². The van der Waals surface area contributed by atoms with Gasteiger partial charge < -0.3 is 36.4 Å². The lowest BCUT2D eigenvalue weighted by atomic mass is 10.0. The summed E-state index contributed by atoms with van der Waals surface area (Å²) in [5.74, 6) is -4.57. The molecular formula is C31H31N5O8. The number of benzene rings is 3. The Balaban J connectivity index is 1.56. The second-order valence-corrected chi connectivity index (χ2v) is 10.1. The fraction of sp³-hybridized carbons (Fsp3) is 0.226.